The van der Waals surface area contributed by atoms with Crippen molar-refractivity contribution in [3.05, 3.63) is 88.9 Å². The number of nitrogen functional groups attached to an aromatic ring is 1. The van der Waals surface area contributed by atoms with Gasteiger partial charge in [-0.05, 0) is 29.5 Å². The summed E-state index contributed by atoms with van der Waals surface area (Å²) in [7, 11) is 1.61. The summed E-state index contributed by atoms with van der Waals surface area (Å²) in [5, 5.41) is 10.0. The molecule has 1 aliphatic rings. The summed E-state index contributed by atoms with van der Waals surface area (Å²) in [5.74, 6) is 0.670. The summed E-state index contributed by atoms with van der Waals surface area (Å²) in [5.41, 5.74) is 8.93. The number of allylic oxidation sites excluding steroid dienone is 1. The largest absolute Gasteiger partial charge is 0.507 e. The third-order valence-corrected chi connectivity index (χ3v) is 5.54. The molecule has 4 rings (SSSR count). The molecule has 3 aromatic rings. The van der Waals surface area contributed by atoms with Crippen molar-refractivity contribution in [3.63, 3.8) is 0 Å². The Labute approximate surface area is 157 Å². The van der Waals surface area contributed by atoms with E-state index in [9.17, 15) is 9.90 Å². The number of hydrogen-bond acceptors (Lipinski definition) is 4. The number of aromatic nitrogens is 2. The fraction of sp³-hybridized carbons (Fsp3) is 0.182. The van der Waals surface area contributed by atoms with Crippen LogP contribution in [0.2, 0.25) is 0 Å². The number of nitrogens with two attached hydrogens (primary N) is 1. The SMILES string of the molecule is C=CC1(c2cc(=O)n(C)c(N)n2)CC1c1ccc(-c2ccccc2O)cc1. The molecular weight excluding hydrogens is 338 g/mol. The highest BCUT2D eigenvalue weighted by Crippen LogP contribution is 2.60. The van der Waals surface area contributed by atoms with E-state index in [2.05, 4.69) is 23.7 Å². The molecule has 5 nitrogen and oxygen atoms in total. The predicted octanol–water partition coefficient (Wildman–Crippen LogP) is 3.35. The maximum absolute atomic E-state index is 12.1. The molecule has 2 unspecified atom stereocenters. The quantitative estimate of drug-likeness (QED) is 0.700. The predicted molar refractivity (Wildman–Crippen MR) is 107 cm³/mol. The number of rotatable bonds is 4. The second kappa shape index (κ2) is 6.13. The lowest BCUT2D eigenvalue weighted by Crippen LogP contribution is -2.24. The van der Waals surface area contributed by atoms with E-state index in [1.54, 1.807) is 25.2 Å². The molecule has 2 aromatic carbocycles. The molecule has 3 N–H and O–H groups in total. The van der Waals surface area contributed by atoms with Crippen LogP contribution in [-0.2, 0) is 12.5 Å². The van der Waals surface area contributed by atoms with Crippen LogP contribution in [0.3, 0.4) is 0 Å². The smallest absolute Gasteiger partial charge is 0.254 e. The van der Waals surface area contributed by atoms with Crippen LogP contribution in [0.15, 0.2) is 72.0 Å². The minimum Gasteiger partial charge on any atom is -0.507 e. The van der Waals surface area contributed by atoms with Gasteiger partial charge in [0.25, 0.3) is 5.56 Å². The standard InChI is InChI=1S/C22H21N3O2/c1-3-22(19-12-20(27)25(2)21(23)24-19)13-17(22)15-10-8-14(9-11-15)16-6-4-5-7-18(16)26/h3-12,17,26H,1,13H2,2H3,(H2,23,24). The molecule has 0 amide bonds. The number of hydrogen-bond donors (Lipinski definition) is 2. The Bertz CT molecular complexity index is 1090. The molecule has 27 heavy (non-hydrogen) atoms. The second-order valence-corrected chi connectivity index (χ2v) is 7.04. The Hall–Kier alpha value is -3.34. The van der Waals surface area contributed by atoms with Gasteiger partial charge in [-0.1, -0.05) is 48.5 Å². The highest BCUT2D eigenvalue weighted by Gasteiger charge is 2.55. The fourth-order valence-corrected chi connectivity index (χ4v) is 3.72. The zero-order valence-corrected chi connectivity index (χ0v) is 15.1. The molecular formula is C22H21N3O2. The van der Waals surface area contributed by atoms with Crippen LogP contribution in [0.25, 0.3) is 11.1 Å². The molecule has 0 bridgehead atoms. The van der Waals surface area contributed by atoms with Gasteiger partial charge in [0.05, 0.1) is 5.69 Å². The number of para-hydroxylation sites is 1. The summed E-state index contributed by atoms with van der Waals surface area (Å²) >= 11 is 0. The van der Waals surface area contributed by atoms with Gasteiger partial charge in [0.2, 0.25) is 5.95 Å². The minimum atomic E-state index is -0.363. The van der Waals surface area contributed by atoms with Crippen LogP contribution in [-0.4, -0.2) is 14.7 Å². The van der Waals surface area contributed by atoms with Crippen molar-refractivity contribution < 1.29 is 5.11 Å². The van der Waals surface area contributed by atoms with Gasteiger partial charge in [-0.15, -0.1) is 6.58 Å². The second-order valence-electron chi connectivity index (χ2n) is 7.04. The van der Waals surface area contributed by atoms with E-state index in [0.717, 1.165) is 23.1 Å². The average molecular weight is 359 g/mol. The molecule has 0 saturated heterocycles. The monoisotopic (exact) mass is 359 g/mol. The Balaban J connectivity index is 1.66. The molecule has 136 valence electrons. The van der Waals surface area contributed by atoms with Crippen molar-refractivity contribution in [1.82, 2.24) is 9.55 Å². The molecule has 1 aromatic heterocycles. The van der Waals surface area contributed by atoms with Gasteiger partial charge in [0.1, 0.15) is 5.75 Å². The number of benzene rings is 2. The van der Waals surface area contributed by atoms with E-state index < -0.39 is 0 Å². The zero-order chi connectivity index (χ0) is 19.2. The van der Waals surface area contributed by atoms with Crippen LogP contribution < -0.4 is 11.3 Å². The van der Waals surface area contributed by atoms with Gasteiger partial charge in [0.15, 0.2) is 0 Å². The molecule has 0 spiro atoms. The summed E-state index contributed by atoms with van der Waals surface area (Å²) < 4.78 is 1.33. The topological polar surface area (TPSA) is 81.1 Å². The molecule has 2 atom stereocenters. The Morgan fingerprint density at radius 2 is 1.96 bits per heavy atom. The van der Waals surface area contributed by atoms with E-state index in [-0.39, 0.29) is 28.6 Å². The van der Waals surface area contributed by atoms with Gasteiger partial charge in [-0.3, -0.25) is 9.36 Å². The first-order valence-electron chi connectivity index (χ1n) is 8.82. The lowest BCUT2D eigenvalue weighted by Gasteiger charge is -2.14. The van der Waals surface area contributed by atoms with Crippen molar-refractivity contribution in [2.75, 3.05) is 5.73 Å². The molecule has 1 heterocycles. The Morgan fingerprint density at radius 1 is 1.26 bits per heavy atom. The van der Waals surface area contributed by atoms with Crippen molar-refractivity contribution in [2.24, 2.45) is 7.05 Å². The summed E-state index contributed by atoms with van der Waals surface area (Å²) in [4.78, 5) is 16.5. The number of phenolic OH excluding ortho intramolecular Hbond substituents is 1. The summed E-state index contributed by atoms with van der Waals surface area (Å²) in [6.45, 7) is 3.98. The van der Waals surface area contributed by atoms with Crippen molar-refractivity contribution >= 4 is 5.95 Å². The van der Waals surface area contributed by atoms with Crippen molar-refractivity contribution in [2.45, 2.75) is 17.8 Å². The molecule has 0 aliphatic heterocycles. The Kier molecular flexibility index (Phi) is 3.88. The van der Waals surface area contributed by atoms with Gasteiger partial charge in [0, 0.05) is 24.1 Å². The van der Waals surface area contributed by atoms with Gasteiger partial charge in [-0.25, -0.2) is 4.98 Å². The summed E-state index contributed by atoms with van der Waals surface area (Å²) in [6.07, 6.45) is 2.71. The van der Waals surface area contributed by atoms with Crippen LogP contribution in [0, 0.1) is 0 Å². The molecule has 0 radical (unpaired) electrons. The molecule has 1 saturated carbocycles. The first-order valence-corrected chi connectivity index (χ1v) is 8.82. The third-order valence-electron chi connectivity index (χ3n) is 5.54. The number of phenols is 1. The average Bonchev–Trinajstić information content (AvgIpc) is 3.42. The zero-order valence-electron chi connectivity index (χ0n) is 15.1. The van der Waals surface area contributed by atoms with Crippen LogP contribution in [0.1, 0.15) is 23.6 Å². The van der Waals surface area contributed by atoms with Crippen molar-refractivity contribution in [1.29, 1.82) is 0 Å². The maximum Gasteiger partial charge on any atom is 0.254 e. The molecule has 1 aliphatic carbocycles. The van der Waals surface area contributed by atoms with Crippen molar-refractivity contribution in [3.8, 4) is 16.9 Å². The highest BCUT2D eigenvalue weighted by atomic mass is 16.3. The first-order chi connectivity index (χ1) is 13.0. The van der Waals surface area contributed by atoms with Crippen LogP contribution >= 0.6 is 0 Å². The minimum absolute atomic E-state index is 0.167. The first kappa shape index (κ1) is 17.1. The Morgan fingerprint density at radius 3 is 2.59 bits per heavy atom. The van der Waals surface area contributed by atoms with Crippen LogP contribution in [0.5, 0.6) is 5.75 Å². The fourth-order valence-electron chi connectivity index (χ4n) is 3.72. The van der Waals surface area contributed by atoms with E-state index in [4.69, 9.17) is 5.73 Å². The maximum atomic E-state index is 12.1. The van der Waals surface area contributed by atoms with E-state index in [1.807, 2.05) is 30.3 Å². The van der Waals surface area contributed by atoms with E-state index in [1.165, 1.54) is 4.57 Å². The lowest BCUT2D eigenvalue weighted by atomic mass is 9.94. The normalized spacial score (nSPS) is 21.0. The molecule has 5 heteroatoms. The van der Waals surface area contributed by atoms with E-state index in [0.29, 0.717) is 5.69 Å². The number of anilines is 1. The highest BCUT2D eigenvalue weighted by molar-refractivity contribution is 5.70. The summed E-state index contributed by atoms with van der Waals surface area (Å²) in [6, 6.07) is 16.9. The third kappa shape index (κ3) is 2.72. The van der Waals surface area contributed by atoms with E-state index >= 15 is 0 Å². The number of aromatic hydroxyl groups is 1. The molecule has 1 fully saturated rings. The van der Waals surface area contributed by atoms with Gasteiger partial charge >= 0.3 is 0 Å². The lowest BCUT2D eigenvalue weighted by molar-refractivity contribution is 0.477. The number of nitrogens with zero attached hydrogens (tertiary/aromatic N) is 2. The van der Waals surface area contributed by atoms with Crippen LogP contribution in [0.4, 0.5) is 5.95 Å². The van der Waals surface area contributed by atoms with Gasteiger partial charge < -0.3 is 10.8 Å². The van der Waals surface area contributed by atoms with Gasteiger partial charge in [-0.2, -0.15) is 0 Å².